The smallest absolute Gasteiger partial charge is 0.310 e. The quantitative estimate of drug-likeness (QED) is 0.282. The van der Waals surface area contributed by atoms with Crippen molar-refractivity contribution >= 4 is 41.5 Å². The number of nitrogens with zero attached hydrogens (tertiary/aromatic N) is 1. The molecule has 1 aromatic heterocycles. The molecule has 35 heavy (non-hydrogen) atoms. The number of amides is 1. The van der Waals surface area contributed by atoms with Crippen LogP contribution >= 0.6 is 11.8 Å². The molecule has 2 aromatic carbocycles. The van der Waals surface area contributed by atoms with Gasteiger partial charge in [-0.3, -0.25) is 14.6 Å². The highest BCUT2D eigenvalue weighted by molar-refractivity contribution is 7.98. The number of pyridine rings is 1. The highest BCUT2D eigenvalue weighted by Gasteiger charge is 2.37. The molecule has 0 bridgehead atoms. The number of hydrogen-bond donors (Lipinski definition) is 2. The summed E-state index contributed by atoms with van der Waals surface area (Å²) < 4.78 is 0. The molecule has 0 aliphatic heterocycles. The van der Waals surface area contributed by atoms with E-state index in [0.717, 1.165) is 22.7 Å². The summed E-state index contributed by atoms with van der Waals surface area (Å²) >= 11 is 1.78. The molecule has 0 saturated heterocycles. The maximum absolute atomic E-state index is 12.6. The first-order valence-electron chi connectivity index (χ1n) is 11.8. The number of carbonyl (C=O) groups is 2. The zero-order valence-electron chi connectivity index (χ0n) is 20.5. The van der Waals surface area contributed by atoms with E-state index in [1.807, 2.05) is 54.6 Å². The van der Waals surface area contributed by atoms with Crippen molar-refractivity contribution < 1.29 is 14.7 Å². The number of carbonyl (C=O) groups excluding carboxylic acids is 1. The van der Waals surface area contributed by atoms with Gasteiger partial charge in [0.05, 0.1) is 16.8 Å². The third-order valence-corrected chi connectivity index (χ3v) is 7.43. The van der Waals surface area contributed by atoms with E-state index >= 15 is 0 Å². The molecule has 0 aliphatic rings. The number of aryl methyl sites for hydroxylation is 1. The van der Waals surface area contributed by atoms with E-state index in [2.05, 4.69) is 30.4 Å². The van der Waals surface area contributed by atoms with Crippen molar-refractivity contribution in [1.29, 1.82) is 0 Å². The van der Waals surface area contributed by atoms with Gasteiger partial charge in [-0.05, 0) is 67.3 Å². The van der Waals surface area contributed by atoms with Gasteiger partial charge >= 0.3 is 5.97 Å². The van der Waals surface area contributed by atoms with Gasteiger partial charge in [0, 0.05) is 22.8 Å². The van der Waals surface area contributed by atoms with Crippen LogP contribution in [0.1, 0.15) is 55.6 Å². The second-order valence-corrected chi connectivity index (χ2v) is 9.60. The molecular weight excluding hydrogens is 456 g/mol. The Bertz CT molecular complexity index is 1200. The number of benzene rings is 2. The molecule has 0 saturated carbocycles. The monoisotopic (exact) mass is 488 g/mol. The van der Waals surface area contributed by atoms with E-state index < -0.39 is 11.4 Å². The standard InChI is InChI=1S/C29H32N2O3S/c1-4-29(5-2,28(33)34)19-27(32)31-24-13-8-11-22(18-24)16-17-23-12-9-14-25(30-23)20-35-26-15-7-6-10-21(26)3/h6-18H,4-5,19-20H2,1-3H3,(H,31,32)(H,33,34). The van der Waals surface area contributed by atoms with E-state index in [1.54, 1.807) is 31.7 Å². The highest BCUT2D eigenvalue weighted by Crippen LogP contribution is 2.31. The van der Waals surface area contributed by atoms with Crippen LogP contribution in [-0.4, -0.2) is 22.0 Å². The van der Waals surface area contributed by atoms with Crippen LogP contribution in [0.4, 0.5) is 5.69 Å². The zero-order valence-corrected chi connectivity index (χ0v) is 21.3. The Morgan fingerprint density at radius 2 is 1.74 bits per heavy atom. The Labute approximate surface area is 211 Å². The molecule has 6 heteroatoms. The molecule has 0 atom stereocenters. The van der Waals surface area contributed by atoms with Crippen molar-refractivity contribution in [1.82, 2.24) is 4.98 Å². The van der Waals surface area contributed by atoms with Gasteiger partial charge in [-0.1, -0.05) is 56.3 Å². The number of thioether (sulfide) groups is 1. The number of aliphatic carboxylic acids is 1. The number of nitrogens with one attached hydrogen (secondary N) is 1. The number of anilines is 1. The lowest BCUT2D eigenvalue weighted by Gasteiger charge is -2.25. The number of carboxylic acids is 1. The third-order valence-electron chi connectivity index (χ3n) is 6.22. The Balaban J connectivity index is 1.64. The lowest BCUT2D eigenvalue weighted by molar-refractivity contribution is -0.151. The number of carboxylic acid groups (broad SMARTS) is 1. The third kappa shape index (κ3) is 7.30. The summed E-state index contributed by atoms with van der Waals surface area (Å²) in [6.07, 6.45) is 4.67. The molecule has 2 N–H and O–H groups in total. The second kappa shape index (κ2) is 12.4. The van der Waals surface area contributed by atoms with Gasteiger partial charge in [0.1, 0.15) is 0 Å². The van der Waals surface area contributed by atoms with Crippen molar-refractivity contribution in [3.63, 3.8) is 0 Å². The fourth-order valence-corrected chi connectivity index (χ4v) is 4.77. The van der Waals surface area contributed by atoms with Crippen molar-refractivity contribution in [2.75, 3.05) is 5.32 Å². The molecule has 3 aromatic rings. The van der Waals surface area contributed by atoms with Crippen molar-refractivity contribution in [3.05, 3.63) is 89.2 Å². The van der Waals surface area contributed by atoms with E-state index in [0.29, 0.717) is 18.5 Å². The summed E-state index contributed by atoms with van der Waals surface area (Å²) in [6.45, 7) is 5.73. The summed E-state index contributed by atoms with van der Waals surface area (Å²) in [5.41, 5.74) is 3.66. The van der Waals surface area contributed by atoms with E-state index in [9.17, 15) is 14.7 Å². The van der Waals surface area contributed by atoms with Crippen molar-refractivity contribution in [3.8, 4) is 0 Å². The molecule has 1 amide bonds. The summed E-state index contributed by atoms with van der Waals surface area (Å²) in [6, 6.07) is 21.8. The first kappa shape index (κ1) is 26.2. The lowest BCUT2D eigenvalue weighted by atomic mass is 9.79. The van der Waals surface area contributed by atoms with Gasteiger partial charge in [0.2, 0.25) is 5.91 Å². The Kier molecular flexibility index (Phi) is 9.26. The van der Waals surface area contributed by atoms with Crippen LogP contribution in [0.2, 0.25) is 0 Å². The maximum Gasteiger partial charge on any atom is 0.310 e. The minimum atomic E-state index is -1.03. The molecule has 0 unspecified atom stereocenters. The minimum absolute atomic E-state index is 0.0490. The SMILES string of the molecule is CCC(CC)(CC(=O)Nc1cccc(C=Cc2cccc(CSc3ccccc3C)n2)c1)C(=O)O. The summed E-state index contributed by atoms with van der Waals surface area (Å²) in [7, 11) is 0. The van der Waals surface area contributed by atoms with Gasteiger partial charge in [-0.2, -0.15) is 0 Å². The number of rotatable bonds is 11. The molecule has 3 rings (SSSR count). The topological polar surface area (TPSA) is 79.3 Å². The fraction of sp³-hybridized carbons (Fsp3) is 0.276. The molecule has 1 heterocycles. The molecule has 0 radical (unpaired) electrons. The lowest BCUT2D eigenvalue weighted by Crippen LogP contribution is -2.34. The van der Waals surface area contributed by atoms with Crippen LogP contribution in [0.3, 0.4) is 0 Å². The molecule has 5 nitrogen and oxygen atoms in total. The van der Waals surface area contributed by atoms with Gasteiger partial charge in [0.15, 0.2) is 0 Å². The Morgan fingerprint density at radius 1 is 1.00 bits per heavy atom. The summed E-state index contributed by atoms with van der Waals surface area (Å²) in [5, 5.41) is 12.4. The van der Waals surface area contributed by atoms with Crippen molar-refractivity contribution in [2.24, 2.45) is 5.41 Å². The maximum atomic E-state index is 12.6. The predicted molar refractivity (Wildman–Crippen MR) is 144 cm³/mol. The number of hydrogen-bond acceptors (Lipinski definition) is 4. The first-order chi connectivity index (χ1) is 16.8. The fourth-order valence-electron chi connectivity index (χ4n) is 3.83. The van der Waals surface area contributed by atoms with Gasteiger partial charge in [0.25, 0.3) is 0 Å². The Hall–Kier alpha value is -3.38. The first-order valence-corrected chi connectivity index (χ1v) is 12.8. The molecule has 0 aliphatic carbocycles. The van der Waals surface area contributed by atoms with Crippen LogP contribution in [-0.2, 0) is 15.3 Å². The average Bonchev–Trinajstić information content (AvgIpc) is 2.86. The summed E-state index contributed by atoms with van der Waals surface area (Å²) in [5.74, 6) is -0.430. The zero-order chi connectivity index (χ0) is 25.3. The van der Waals surface area contributed by atoms with E-state index in [4.69, 9.17) is 4.98 Å². The molecule has 182 valence electrons. The van der Waals surface area contributed by atoms with Crippen LogP contribution in [0, 0.1) is 12.3 Å². The molecular formula is C29H32N2O3S. The molecule has 0 spiro atoms. The van der Waals surface area contributed by atoms with Gasteiger partial charge in [-0.15, -0.1) is 11.8 Å². The van der Waals surface area contributed by atoms with Crippen LogP contribution < -0.4 is 5.32 Å². The summed E-state index contributed by atoms with van der Waals surface area (Å²) in [4.78, 5) is 30.3. The number of aromatic nitrogens is 1. The van der Waals surface area contributed by atoms with Gasteiger partial charge in [-0.25, -0.2) is 0 Å². The van der Waals surface area contributed by atoms with E-state index in [1.165, 1.54) is 10.5 Å². The highest BCUT2D eigenvalue weighted by atomic mass is 32.2. The minimum Gasteiger partial charge on any atom is -0.481 e. The predicted octanol–water partition coefficient (Wildman–Crippen LogP) is 7.07. The van der Waals surface area contributed by atoms with Crippen LogP contribution in [0.15, 0.2) is 71.6 Å². The van der Waals surface area contributed by atoms with E-state index in [-0.39, 0.29) is 12.3 Å². The van der Waals surface area contributed by atoms with Crippen LogP contribution in [0.25, 0.3) is 12.2 Å². The average molecular weight is 489 g/mol. The largest absolute Gasteiger partial charge is 0.481 e. The second-order valence-electron chi connectivity index (χ2n) is 8.58. The molecule has 0 fully saturated rings. The van der Waals surface area contributed by atoms with Gasteiger partial charge < -0.3 is 10.4 Å². The van der Waals surface area contributed by atoms with Crippen LogP contribution in [0.5, 0.6) is 0 Å². The normalized spacial score (nSPS) is 11.5. The Morgan fingerprint density at radius 3 is 2.46 bits per heavy atom. The van der Waals surface area contributed by atoms with Crippen molar-refractivity contribution in [2.45, 2.75) is 50.7 Å².